The lowest BCUT2D eigenvalue weighted by atomic mass is 10.1. The number of hydrogen-bond acceptors (Lipinski definition) is 5. The standard InChI is InChI=1S/C26H33N5O2/c1-20-25(21(2)31(28-20)24-7-5-4-6-8-24)18-29(3)19-26(32)27-23-11-9-22(10-12-23)17-30-13-15-33-16-14-30/h4-12H,13-19H2,1-3H3,(H,27,32). The number of rotatable bonds is 8. The van der Waals surface area contributed by atoms with Crippen LogP contribution in [0.3, 0.4) is 0 Å². The molecule has 1 aliphatic heterocycles. The van der Waals surface area contributed by atoms with E-state index >= 15 is 0 Å². The number of ether oxygens (including phenoxy) is 1. The molecule has 0 bridgehead atoms. The van der Waals surface area contributed by atoms with Gasteiger partial charge in [0.15, 0.2) is 0 Å². The van der Waals surface area contributed by atoms with E-state index in [0.29, 0.717) is 13.1 Å². The van der Waals surface area contributed by atoms with Crippen molar-refractivity contribution in [2.24, 2.45) is 0 Å². The summed E-state index contributed by atoms with van der Waals surface area (Å²) < 4.78 is 7.38. The number of hydrogen-bond donors (Lipinski definition) is 1. The molecule has 1 amide bonds. The fourth-order valence-corrected chi connectivity index (χ4v) is 4.21. The second-order valence-electron chi connectivity index (χ2n) is 8.70. The van der Waals surface area contributed by atoms with Gasteiger partial charge in [0.05, 0.1) is 31.1 Å². The number of benzene rings is 2. The molecule has 0 atom stereocenters. The second-order valence-corrected chi connectivity index (χ2v) is 8.70. The van der Waals surface area contributed by atoms with Crippen molar-refractivity contribution in [3.05, 3.63) is 77.1 Å². The van der Waals surface area contributed by atoms with Crippen molar-refractivity contribution >= 4 is 11.6 Å². The van der Waals surface area contributed by atoms with Gasteiger partial charge in [-0.2, -0.15) is 5.10 Å². The van der Waals surface area contributed by atoms with E-state index in [2.05, 4.69) is 29.3 Å². The molecular weight excluding hydrogens is 414 g/mol. The molecule has 0 unspecified atom stereocenters. The summed E-state index contributed by atoms with van der Waals surface area (Å²) in [6.07, 6.45) is 0. The minimum absolute atomic E-state index is 0.0239. The molecule has 2 aromatic carbocycles. The Hall–Kier alpha value is -3.00. The van der Waals surface area contributed by atoms with Gasteiger partial charge >= 0.3 is 0 Å². The number of anilines is 1. The van der Waals surface area contributed by atoms with Crippen molar-refractivity contribution in [3.63, 3.8) is 0 Å². The van der Waals surface area contributed by atoms with E-state index < -0.39 is 0 Å². The summed E-state index contributed by atoms with van der Waals surface area (Å²) in [4.78, 5) is 17.0. The highest BCUT2D eigenvalue weighted by molar-refractivity contribution is 5.92. The molecule has 1 N–H and O–H groups in total. The van der Waals surface area contributed by atoms with Crippen LogP contribution in [0.2, 0.25) is 0 Å². The molecule has 0 saturated carbocycles. The normalized spacial score (nSPS) is 14.5. The third-order valence-corrected chi connectivity index (χ3v) is 6.03. The summed E-state index contributed by atoms with van der Waals surface area (Å²) in [5, 5.41) is 7.72. The molecule has 4 rings (SSSR count). The molecule has 1 saturated heterocycles. The Kier molecular flexibility index (Phi) is 7.54. The van der Waals surface area contributed by atoms with Crippen molar-refractivity contribution < 1.29 is 9.53 Å². The van der Waals surface area contributed by atoms with Gasteiger partial charge in [0.2, 0.25) is 5.91 Å². The number of para-hydroxylation sites is 1. The highest BCUT2D eigenvalue weighted by Gasteiger charge is 2.16. The number of carbonyl (C=O) groups is 1. The highest BCUT2D eigenvalue weighted by atomic mass is 16.5. The Morgan fingerprint density at radius 2 is 1.76 bits per heavy atom. The van der Waals surface area contributed by atoms with Crippen LogP contribution in [0.1, 0.15) is 22.5 Å². The smallest absolute Gasteiger partial charge is 0.238 e. The van der Waals surface area contributed by atoms with E-state index in [0.717, 1.165) is 61.2 Å². The first-order chi connectivity index (χ1) is 16.0. The van der Waals surface area contributed by atoms with Crippen LogP contribution in [0.15, 0.2) is 54.6 Å². The molecule has 1 aliphatic rings. The van der Waals surface area contributed by atoms with Gasteiger partial charge in [0.25, 0.3) is 0 Å². The van der Waals surface area contributed by atoms with Gasteiger partial charge in [-0.05, 0) is 50.7 Å². The van der Waals surface area contributed by atoms with Gasteiger partial charge in [-0.15, -0.1) is 0 Å². The van der Waals surface area contributed by atoms with Gasteiger partial charge in [-0.1, -0.05) is 30.3 Å². The predicted octanol–water partition coefficient (Wildman–Crippen LogP) is 3.39. The summed E-state index contributed by atoms with van der Waals surface area (Å²) >= 11 is 0. The molecule has 0 spiro atoms. The van der Waals surface area contributed by atoms with Gasteiger partial charge in [0.1, 0.15) is 0 Å². The van der Waals surface area contributed by atoms with Crippen LogP contribution in [0.5, 0.6) is 0 Å². The minimum atomic E-state index is -0.0239. The molecule has 2 heterocycles. The van der Waals surface area contributed by atoms with Gasteiger partial charge in [-0.3, -0.25) is 14.6 Å². The lowest BCUT2D eigenvalue weighted by Crippen LogP contribution is -2.35. The number of likely N-dealkylation sites (N-methyl/N-ethyl adjacent to an activating group) is 1. The summed E-state index contributed by atoms with van der Waals surface area (Å²) in [5.41, 5.74) is 6.35. The van der Waals surface area contributed by atoms with Crippen LogP contribution in [0.25, 0.3) is 5.69 Å². The van der Waals surface area contributed by atoms with Gasteiger partial charge in [0, 0.05) is 43.1 Å². The largest absolute Gasteiger partial charge is 0.379 e. The van der Waals surface area contributed by atoms with Crippen LogP contribution in [0.4, 0.5) is 5.69 Å². The van der Waals surface area contributed by atoms with Crippen molar-refractivity contribution in [1.29, 1.82) is 0 Å². The predicted molar refractivity (Wildman–Crippen MR) is 131 cm³/mol. The van der Waals surface area contributed by atoms with E-state index in [1.165, 1.54) is 5.56 Å². The van der Waals surface area contributed by atoms with Gasteiger partial charge < -0.3 is 10.1 Å². The van der Waals surface area contributed by atoms with E-state index in [1.54, 1.807) is 0 Å². The van der Waals surface area contributed by atoms with Gasteiger partial charge in [-0.25, -0.2) is 4.68 Å². The topological polar surface area (TPSA) is 62.6 Å². The summed E-state index contributed by atoms with van der Waals surface area (Å²) in [6, 6.07) is 18.2. The number of morpholine rings is 1. The first kappa shape index (κ1) is 23.2. The van der Waals surface area contributed by atoms with Crippen molar-refractivity contribution in [2.75, 3.05) is 45.2 Å². The van der Waals surface area contributed by atoms with E-state index in [-0.39, 0.29) is 5.91 Å². The van der Waals surface area contributed by atoms with Crippen LogP contribution in [0, 0.1) is 13.8 Å². The quantitative estimate of drug-likeness (QED) is 0.574. The molecule has 0 radical (unpaired) electrons. The van der Waals surface area contributed by atoms with Crippen molar-refractivity contribution in [1.82, 2.24) is 19.6 Å². The summed E-state index contributed by atoms with van der Waals surface area (Å²) in [5.74, 6) is -0.0239. The zero-order valence-corrected chi connectivity index (χ0v) is 19.8. The first-order valence-corrected chi connectivity index (χ1v) is 11.5. The maximum Gasteiger partial charge on any atom is 0.238 e. The summed E-state index contributed by atoms with van der Waals surface area (Å²) in [7, 11) is 1.96. The van der Waals surface area contributed by atoms with E-state index in [4.69, 9.17) is 9.84 Å². The molecule has 0 aliphatic carbocycles. The number of aryl methyl sites for hydroxylation is 1. The second kappa shape index (κ2) is 10.7. The number of nitrogens with zero attached hydrogens (tertiary/aromatic N) is 4. The lowest BCUT2D eigenvalue weighted by molar-refractivity contribution is -0.117. The number of carbonyl (C=O) groups excluding carboxylic acids is 1. The molecule has 3 aromatic rings. The van der Waals surface area contributed by atoms with E-state index in [9.17, 15) is 4.79 Å². The molecule has 1 fully saturated rings. The third-order valence-electron chi connectivity index (χ3n) is 6.03. The van der Waals surface area contributed by atoms with Crippen LogP contribution < -0.4 is 5.32 Å². The Balaban J connectivity index is 1.30. The maximum atomic E-state index is 12.6. The molecule has 7 nitrogen and oxygen atoms in total. The SMILES string of the molecule is Cc1nn(-c2ccccc2)c(C)c1CN(C)CC(=O)Nc1ccc(CN2CCOCC2)cc1. The summed E-state index contributed by atoms with van der Waals surface area (Å²) in [6.45, 7) is 9.52. The monoisotopic (exact) mass is 447 g/mol. The molecule has 174 valence electrons. The molecule has 7 heteroatoms. The number of aromatic nitrogens is 2. The van der Waals surface area contributed by atoms with E-state index in [1.807, 2.05) is 66.0 Å². The molecule has 1 aromatic heterocycles. The zero-order valence-electron chi connectivity index (χ0n) is 19.8. The Labute approximate surface area is 196 Å². The Morgan fingerprint density at radius 1 is 1.06 bits per heavy atom. The average molecular weight is 448 g/mol. The zero-order chi connectivity index (χ0) is 23.2. The fraction of sp³-hybridized carbons (Fsp3) is 0.385. The minimum Gasteiger partial charge on any atom is -0.379 e. The average Bonchev–Trinajstić information content (AvgIpc) is 3.10. The third kappa shape index (κ3) is 6.07. The number of nitrogens with one attached hydrogen (secondary N) is 1. The first-order valence-electron chi connectivity index (χ1n) is 11.5. The maximum absolute atomic E-state index is 12.6. The Morgan fingerprint density at radius 3 is 2.45 bits per heavy atom. The fourth-order valence-electron chi connectivity index (χ4n) is 4.21. The number of amides is 1. The van der Waals surface area contributed by atoms with Crippen LogP contribution >= 0.6 is 0 Å². The van der Waals surface area contributed by atoms with Crippen LogP contribution in [-0.4, -0.2) is 65.4 Å². The molecular formula is C26H33N5O2. The van der Waals surface area contributed by atoms with Crippen LogP contribution in [-0.2, 0) is 22.6 Å². The lowest BCUT2D eigenvalue weighted by Gasteiger charge is -2.26. The highest BCUT2D eigenvalue weighted by Crippen LogP contribution is 2.19. The molecule has 33 heavy (non-hydrogen) atoms. The van der Waals surface area contributed by atoms with Crippen molar-refractivity contribution in [3.8, 4) is 5.69 Å². The van der Waals surface area contributed by atoms with Crippen molar-refractivity contribution in [2.45, 2.75) is 26.9 Å². The Bertz CT molecular complexity index is 1060.